The van der Waals surface area contributed by atoms with Crippen molar-refractivity contribution >= 4 is 6.03 Å². The van der Waals surface area contributed by atoms with Gasteiger partial charge in [-0.1, -0.05) is 13.8 Å². The van der Waals surface area contributed by atoms with E-state index in [0.29, 0.717) is 12.5 Å². The molecule has 2 aliphatic rings. The molecule has 0 saturated carbocycles. The second-order valence-corrected chi connectivity index (χ2v) is 7.20. The summed E-state index contributed by atoms with van der Waals surface area (Å²) in [6.45, 7) is 9.50. The van der Waals surface area contributed by atoms with Crippen molar-refractivity contribution < 1.29 is 13.9 Å². The third kappa shape index (κ3) is 4.30. The van der Waals surface area contributed by atoms with E-state index < -0.39 is 0 Å². The highest BCUT2D eigenvalue weighted by molar-refractivity contribution is 5.75. The average molecular weight is 335 g/mol. The minimum atomic E-state index is -0.0153. The monoisotopic (exact) mass is 335 g/mol. The molecule has 2 atom stereocenters. The second kappa shape index (κ2) is 8.03. The van der Waals surface area contributed by atoms with Gasteiger partial charge in [-0.25, -0.2) is 4.79 Å². The Morgan fingerprint density at radius 2 is 2.29 bits per heavy atom. The average Bonchev–Trinajstić information content (AvgIpc) is 3.22. The molecule has 0 aliphatic carbocycles. The van der Waals surface area contributed by atoms with Crippen LogP contribution in [0.3, 0.4) is 0 Å². The number of hydrogen-bond acceptors (Lipinski definition) is 4. The molecule has 0 aromatic carbocycles. The first-order valence-electron chi connectivity index (χ1n) is 9.05. The van der Waals surface area contributed by atoms with Crippen molar-refractivity contribution in [2.75, 3.05) is 39.3 Å². The zero-order chi connectivity index (χ0) is 16.9. The van der Waals surface area contributed by atoms with E-state index in [-0.39, 0.29) is 18.2 Å². The number of amides is 2. The molecule has 6 heteroatoms. The summed E-state index contributed by atoms with van der Waals surface area (Å²) in [6.07, 6.45) is 3.72. The minimum Gasteiger partial charge on any atom is -0.467 e. The number of carbonyl (C=O) groups is 1. The van der Waals surface area contributed by atoms with E-state index in [1.54, 1.807) is 6.26 Å². The fourth-order valence-corrected chi connectivity index (χ4v) is 3.68. The number of furan rings is 1. The molecule has 134 valence electrons. The predicted molar refractivity (Wildman–Crippen MR) is 91.8 cm³/mol. The molecule has 6 nitrogen and oxygen atoms in total. The van der Waals surface area contributed by atoms with Gasteiger partial charge < -0.3 is 19.4 Å². The molecule has 2 fully saturated rings. The number of urea groups is 1. The lowest BCUT2D eigenvalue weighted by Crippen LogP contribution is -2.50. The van der Waals surface area contributed by atoms with Crippen LogP contribution in [0, 0.1) is 5.92 Å². The van der Waals surface area contributed by atoms with Gasteiger partial charge in [0.15, 0.2) is 0 Å². The fourth-order valence-electron chi connectivity index (χ4n) is 3.68. The Labute approximate surface area is 144 Å². The van der Waals surface area contributed by atoms with E-state index in [2.05, 4.69) is 24.1 Å². The van der Waals surface area contributed by atoms with Crippen molar-refractivity contribution in [2.24, 2.45) is 5.92 Å². The summed E-state index contributed by atoms with van der Waals surface area (Å²) in [5.74, 6) is 1.52. The summed E-state index contributed by atoms with van der Waals surface area (Å²) in [5, 5.41) is 3.05. The van der Waals surface area contributed by atoms with Crippen LogP contribution in [-0.4, -0.2) is 61.3 Å². The van der Waals surface area contributed by atoms with E-state index in [9.17, 15) is 4.79 Å². The fraction of sp³-hybridized carbons (Fsp3) is 0.722. The van der Waals surface area contributed by atoms with Gasteiger partial charge in [-0.3, -0.25) is 4.90 Å². The molecule has 0 spiro atoms. The Morgan fingerprint density at radius 1 is 1.42 bits per heavy atom. The quantitative estimate of drug-likeness (QED) is 0.898. The number of likely N-dealkylation sites (tertiary alicyclic amines) is 1. The van der Waals surface area contributed by atoms with Gasteiger partial charge in [0.05, 0.1) is 25.0 Å². The molecule has 2 saturated heterocycles. The zero-order valence-corrected chi connectivity index (χ0v) is 14.7. The molecule has 0 unspecified atom stereocenters. The zero-order valence-electron chi connectivity index (χ0n) is 14.7. The molecule has 1 N–H and O–H groups in total. The molecule has 0 bridgehead atoms. The largest absolute Gasteiger partial charge is 0.467 e. The number of carbonyl (C=O) groups excluding carboxylic acids is 1. The van der Waals surface area contributed by atoms with Crippen LogP contribution in [0.15, 0.2) is 22.8 Å². The lowest BCUT2D eigenvalue weighted by atomic mass is 10.1. The number of ether oxygens (including phenoxy) is 1. The molecule has 1 aromatic heterocycles. The van der Waals surface area contributed by atoms with Crippen molar-refractivity contribution in [3.8, 4) is 0 Å². The minimum absolute atomic E-state index is 0.0153. The molecule has 24 heavy (non-hydrogen) atoms. The number of hydrogen-bond donors (Lipinski definition) is 1. The second-order valence-electron chi connectivity index (χ2n) is 7.20. The summed E-state index contributed by atoms with van der Waals surface area (Å²) in [7, 11) is 0. The van der Waals surface area contributed by atoms with Crippen LogP contribution in [0.1, 0.15) is 38.5 Å². The molecule has 1 aromatic rings. The highest BCUT2D eigenvalue weighted by Crippen LogP contribution is 2.31. The highest BCUT2D eigenvalue weighted by atomic mass is 16.5. The van der Waals surface area contributed by atoms with Gasteiger partial charge in [-0.15, -0.1) is 0 Å². The summed E-state index contributed by atoms with van der Waals surface area (Å²) in [6, 6.07) is 3.87. The number of morpholine rings is 1. The van der Waals surface area contributed by atoms with Crippen molar-refractivity contribution in [1.29, 1.82) is 0 Å². The van der Waals surface area contributed by atoms with Gasteiger partial charge in [-0.2, -0.15) is 0 Å². The molecule has 0 radical (unpaired) electrons. The van der Waals surface area contributed by atoms with Crippen LogP contribution < -0.4 is 5.32 Å². The van der Waals surface area contributed by atoms with E-state index >= 15 is 0 Å². The van der Waals surface area contributed by atoms with Crippen LogP contribution >= 0.6 is 0 Å². The molecule has 3 heterocycles. The Kier molecular flexibility index (Phi) is 5.79. The number of rotatable bonds is 5. The van der Waals surface area contributed by atoms with Gasteiger partial charge >= 0.3 is 6.03 Å². The smallest absolute Gasteiger partial charge is 0.318 e. The van der Waals surface area contributed by atoms with Crippen LogP contribution in [0.5, 0.6) is 0 Å². The summed E-state index contributed by atoms with van der Waals surface area (Å²) < 4.78 is 11.3. The standard InChI is InChI=1S/C18H29N3O3/c1-14(2)12-20-8-10-23-15(13-20)11-19-18(22)21-7-3-5-16(21)17-6-4-9-24-17/h4,6,9,14-16H,3,5,7-8,10-13H2,1-2H3,(H,19,22)/t15-,16+/m1/s1. The van der Waals surface area contributed by atoms with E-state index in [1.165, 1.54) is 0 Å². The van der Waals surface area contributed by atoms with Crippen LogP contribution in [-0.2, 0) is 4.74 Å². The SMILES string of the molecule is CC(C)CN1CCO[C@H](CNC(=O)N2CCC[C@H]2c2ccco2)C1. The van der Waals surface area contributed by atoms with Crippen LogP contribution in [0.2, 0.25) is 0 Å². The van der Waals surface area contributed by atoms with Crippen molar-refractivity contribution in [3.63, 3.8) is 0 Å². The highest BCUT2D eigenvalue weighted by Gasteiger charge is 2.32. The molecule has 3 rings (SSSR count). The Hall–Kier alpha value is -1.53. The van der Waals surface area contributed by atoms with E-state index in [4.69, 9.17) is 9.15 Å². The Balaban J connectivity index is 1.48. The maximum Gasteiger partial charge on any atom is 0.318 e. The van der Waals surface area contributed by atoms with Gasteiger partial charge in [-0.05, 0) is 30.9 Å². The lowest BCUT2D eigenvalue weighted by molar-refractivity contribution is -0.0294. The van der Waals surface area contributed by atoms with Crippen LogP contribution in [0.25, 0.3) is 0 Å². The lowest BCUT2D eigenvalue weighted by Gasteiger charge is -2.34. The first-order valence-corrected chi connectivity index (χ1v) is 9.05. The normalized spacial score (nSPS) is 25.4. The maximum atomic E-state index is 12.6. The summed E-state index contributed by atoms with van der Waals surface area (Å²) in [4.78, 5) is 16.9. The van der Waals surface area contributed by atoms with Gasteiger partial charge in [0.1, 0.15) is 5.76 Å². The van der Waals surface area contributed by atoms with Crippen molar-refractivity contribution in [3.05, 3.63) is 24.2 Å². The Morgan fingerprint density at radius 3 is 3.04 bits per heavy atom. The Bertz CT molecular complexity index is 518. The van der Waals surface area contributed by atoms with Crippen molar-refractivity contribution in [2.45, 2.75) is 38.8 Å². The van der Waals surface area contributed by atoms with Gasteiger partial charge in [0, 0.05) is 32.7 Å². The third-order valence-corrected chi connectivity index (χ3v) is 4.71. The summed E-state index contributed by atoms with van der Waals surface area (Å²) in [5.41, 5.74) is 0. The van der Waals surface area contributed by atoms with Gasteiger partial charge in [0.2, 0.25) is 0 Å². The third-order valence-electron chi connectivity index (χ3n) is 4.71. The first-order chi connectivity index (χ1) is 11.6. The first kappa shape index (κ1) is 17.3. The van der Waals surface area contributed by atoms with E-state index in [0.717, 1.165) is 51.4 Å². The molecule has 2 aliphatic heterocycles. The van der Waals surface area contributed by atoms with Gasteiger partial charge in [0.25, 0.3) is 0 Å². The molecular weight excluding hydrogens is 306 g/mol. The molecular formula is C18H29N3O3. The molecule has 2 amide bonds. The topological polar surface area (TPSA) is 58.0 Å². The van der Waals surface area contributed by atoms with E-state index in [1.807, 2.05) is 17.0 Å². The van der Waals surface area contributed by atoms with Crippen LogP contribution in [0.4, 0.5) is 4.79 Å². The number of nitrogens with one attached hydrogen (secondary N) is 1. The predicted octanol–water partition coefficient (Wildman–Crippen LogP) is 2.48. The summed E-state index contributed by atoms with van der Waals surface area (Å²) >= 11 is 0. The maximum absolute atomic E-state index is 12.6. The van der Waals surface area contributed by atoms with Crippen molar-refractivity contribution in [1.82, 2.24) is 15.1 Å². The number of nitrogens with zero attached hydrogens (tertiary/aromatic N) is 2.